The van der Waals surface area contributed by atoms with Crippen molar-refractivity contribution in [3.63, 3.8) is 0 Å². The number of nitrogens with one attached hydrogen (secondary N) is 2. The average molecular weight is 429 g/mol. The minimum absolute atomic E-state index is 0.0341. The molecule has 0 saturated carbocycles. The summed E-state index contributed by atoms with van der Waals surface area (Å²) >= 11 is 1.48. The molecule has 0 aliphatic rings. The van der Waals surface area contributed by atoms with Crippen molar-refractivity contribution in [1.82, 2.24) is 0 Å². The molecule has 6 heteroatoms. The van der Waals surface area contributed by atoms with Gasteiger partial charge in [0.25, 0.3) is 0 Å². The van der Waals surface area contributed by atoms with Crippen molar-refractivity contribution in [2.75, 3.05) is 17.2 Å². The van der Waals surface area contributed by atoms with E-state index < -0.39 is 0 Å². The summed E-state index contributed by atoms with van der Waals surface area (Å²) in [7, 11) is 0. The van der Waals surface area contributed by atoms with Crippen LogP contribution < -0.4 is 15.4 Å². The van der Waals surface area contributed by atoms with Crippen molar-refractivity contribution < 1.29 is 14.3 Å². The topological polar surface area (TPSA) is 67.4 Å². The van der Waals surface area contributed by atoms with Crippen LogP contribution in [0.4, 0.5) is 11.4 Å². The number of ether oxygens (including phenoxy) is 1. The summed E-state index contributed by atoms with van der Waals surface area (Å²) < 4.78 is 5.64. The van der Waals surface area contributed by atoms with Crippen LogP contribution in [0.25, 0.3) is 0 Å². The lowest BCUT2D eigenvalue weighted by Gasteiger charge is -2.13. The molecule has 5 nitrogen and oxygen atoms in total. The summed E-state index contributed by atoms with van der Waals surface area (Å²) in [6, 6.07) is 15.0. The molecule has 2 rings (SSSR count). The van der Waals surface area contributed by atoms with Gasteiger partial charge in [0, 0.05) is 22.7 Å². The van der Waals surface area contributed by atoms with Gasteiger partial charge >= 0.3 is 0 Å². The van der Waals surface area contributed by atoms with Crippen molar-refractivity contribution in [2.24, 2.45) is 0 Å². The van der Waals surface area contributed by atoms with Crippen LogP contribution in [0.1, 0.15) is 52.9 Å². The fraction of sp³-hybridized carbons (Fsp3) is 0.417. The first-order chi connectivity index (χ1) is 14.5. The number of hydrogen-bond donors (Lipinski definition) is 2. The SMILES string of the molecule is CCCCOc1ccc(NC(=O)C(C)Sc2ccc(NC(=O)CCCC)cc2)cc1. The van der Waals surface area contributed by atoms with Crippen LogP contribution in [-0.4, -0.2) is 23.7 Å². The monoisotopic (exact) mass is 428 g/mol. The van der Waals surface area contributed by atoms with E-state index in [1.54, 1.807) is 0 Å². The molecule has 0 aliphatic carbocycles. The van der Waals surface area contributed by atoms with Gasteiger partial charge in [0.1, 0.15) is 5.75 Å². The zero-order valence-electron chi connectivity index (χ0n) is 18.1. The van der Waals surface area contributed by atoms with Gasteiger partial charge in [-0.3, -0.25) is 9.59 Å². The maximum Gasteiger partial charge on any atom is 0.237 e. The third-order valence-corrected chi connectivity index (χ3v) is 5.58. The molecule has 2 N–H and O–H groups in total. The fourth-order valence-electron chi connectivity index (χ4n) is 2.65. The van der Waals surface area contributed by atoms with Crippen molar-refractivity contribution in [3.8, 4) is 5.75 Å². The first kappa shape index (κ1) is 23.8. The Balaban J connectivity index is 1.81. The van der Waals surface area contributed by atoms with E-state index in [4.69, 9.17) is 4.74 Å². The Labute approximate surface area is 184 Å². The molecule has 162 valence electrons. The molecular formula is C24H32N2O3S. The molecule has 0 radical (unpaired) electrons. The normalized spacial score (nSPS) is 11.6. The number of anilines is 2. The number of rotatable bonds is 12. The Morgan fingerprint density at radius 3 is 2.13 bits per heavy atom. The number of carbonyl (C=O) groups excluding carboxylic acids is 2. The molecule has 0 aromatic heterocycles. The van der Waals surface area contributed by atoms with Gasteiger partial charge in [-0.15, -0.1) is 11.8 Å². The summed E-state index contributed by atoms with van der Waals surface area (Å²) in [5.74, 6) is 0.786. The van der Waals surface area contributed by atoms with Gasteiger partial charge in [0.05, 0.1) is 11.9 Å². The molecule has 2 aromatic rings. The average Bonchev–Trinajstić information content (AvgIpc) is 2.75. The van der Waals surface area contributed by atoms with E-state index in [2.05, 4.69) is 24.5 Å². The Bertz CT molecular complexity index is 791. The molecule has 2 amide bonds. The van der Waals surface area contributed by atoms with Gasteiger partial charge < -0.3 is 15.4 Å². The summed E-state index contributed by atoms with van der Waals surface area (Å²) in [5.41, 5.74) is 1.53. The smallest absolute Gasteiger partial charge is 0.237 e. The van der Waals surface area contributed by atoms with Gasteiger partial charge in [-0.05, 0) is 68.3 Å². The zero-order chi connectivity index (χ0) is 21.8. The van der Waals surface area contributed by atoms with Crippen LogP contribution in [0, 0.1) is 0 Å². The highest BCUT2D eigenvalue weighted by Crippen LogP contribution is 2.26. The second kappa shape index (κ2) is 13.0. The fourth-order valence-corrected chi connectivity index (χ4v) is 3.52. The molecule has 0 spiro atoms. The Kier molecular flexibility index (Phi) is 10.3. The highest BCUT2D eigenvalue weighted by molar-refractivity contribution is 8.00. The van der Waals surface area contributed by atoms with E-state index in [1.807, 2.05) is 55.5 Å². The molecule has 1 unspecified atom stereocenters. The van der Waals surface area contributed by atoms with Crippen molar-refractivity contribution in [2.45, 2.75) is 63.0 Å². The summed E-state index contributed by atoms with van der Waals surface area (Å²) in [6.45, 7) is 6.77. The number of benzene rings is 2. The minimum Gasteiger partial charge on any atom is -0.494 e. The predicted molar refractivity (Wildman–Crippen MR) is 125 cm³/mol. The van der Waals surface area contributed by atoms with E-state index in [1.165, 1.54) is 11.8 Å². The van der Waals surface area contributed by atoms with Crippen LogP contribution in [0.3, 0.4) is 0 Å². The highest BCUT2D eigenvalue weighted by Gasteiger charge is 2.15. The Morgan fingerprint density at radius 2 is 1.50 bits per heavy atom. The lowest BCUT2D eigenvalue weighted by molar-refractivity contribution is -0.116. The molecule has 1 atom stereocenters. The number of unbranched alkanes of at least 4 members (excludes halogenated alkanes) is 2. The molecule has 30 heavy (non-hydrogen) atoms. The zero-order valence-corrected chi connectivity index (χ0v) is 18.9. The van der Waals surface area contributed by atoms with E-state index in [-0.39, 0.29) is 17.1 Å². The maximum atomic E-state index is 12.5. The highest BCUT2D eigenvalue weighted by atomic mass is 32.2. The number of amides is 2. The van der Waals surface area contributed by atoms with Crippen molar-refractivity contribution in [3.05, 3.63) is 48.5 Å². The van der Waals surface area contributed by atoms with Crippen molar-refractivity contribution in [1.29, 1.82) is 0 Å². The lowest BCUT2D eigenvalue weighted by atomic mass is 10.2. The van der Waals surface area contributed by atoms with Gasteiger partial charge in [-0.25, -0.2) is 0 Å². The van der Waals surface area contributed by atoms with Crippen LogP contribution in [0.15, 0.2) is 53.4 Å². The van der Waals surface area contributed by atoms with E-state index in [0.717, 1.165) is 47.7 Å². The molecule has 0 saturated heterocycles. The Hall–Kier alpha value is -2.47. The number of carbonyl (C=O) groups is 2. The summed E-state index contributed by atoms with van der Waals surface area (Å²) in [6.07, 6.45) is 4.55. The molecule has 0 bridgehead atoms. The van der Waals surface area contributed by atoms with Crippen LogP contribution in [0.5, 0.6) is 5.75 Å². The van der Waals surface area contributed by atoms with E-state index in [0.29, 0.717) is 13.0 Å². The Morgan fingerprint density at radius 1 is 0.900 bits per heavy atom. The minimum atomic E-state index is -0.254. The van der Waals surface area contributed by atoms with Gasteiger partial charge in [-0.2, -0.15) is 0 Å². The predicted octanol–water partition coefficient (Wildman–Crippen LogP) is 6.11. The van der Waals surface area contributed by atoms with E-state index in [9.17, 15) is 9.59 Å². The first-order valence-electron chi connectivity index (χ1n) is 10.6. The standard InChI is InChI=1S/C24H32N2O3S/c1-4-6-8-23(27)25-19-11-15-22(16-12-19)30-18(3)24(28)26-20-9-13-21(14-10-20)29-17-7-5-2/h9-16,18H,4-8,17H2,1-3H3,(H,25,27)(H,26,28). The molecule has 0 fully saturated rings. The van der Waals surface area contributed by atoms with Crippen molar-refractivity contribution >= 4 is 35.0 Å². The number of hydrogen-bond acceptors (Lipinski definition) is 4. The first-order valence-corrected chi connectivity index (χ1v) is 11.5. The molecule has 2 aromatic carbocycles. The largest absolute Gasteiger partial charge is 0.494 e. The third-order valence-electron chi connectivity index (χ3n) is 4.47. The molecule has 0 aliphatic heterocycles. The van der Waals surface area contributed by atoms with Crippen LogP contribution >= 0.6 is 11.8 Å². The van der Waals surface area contributed by atoms with Gasteiger partial charge in [0.15, 0.2) is 0 Å². The van der Waals surface area contributed by atoms with Gasteiger partial charge in [-0.1, -0.05) is 26.7 Å². The lowest BCUT2D eigenvalue weighted by Crippen LogP contribution is -2.22. The quantitative estimate of drug-likeness (QED) is 0.316. The summed E-state index contributed by atoms with van der Waals surface area (Å²) in [4.78, 5) is 25.3. The van der Waals surface area contributed by atoms with E-state index >= 15 is 0 Å². The molecular weight excluding hydrogens is 396 g/mol. The summed E-state index contributed by atoms with van der Waals surface area (Å²) in [5, 5.41) is 5.58. The molecule has 0 heterocycles. The van der Waals surface area contributed by atoms with Crippen LogP contribution in [-0.2, 0) is 9.59 Å². The maximum absolute atomic E-state index is 12.5. The van der Waals surface area contributed by atoms with Gasteiger partial charge in [0.2, 0.25) is 11.8 Å². The van der Waals surface area contributed by atoms with Crippen LogP contribution in [0.2, 0.25) is 0 Å². The number of thioether (sulfide) groups is 1. The second-order valence-electron chi connectivity index (χ2n) is 7.15. The second-order valence-corrected chi connectivity index (χ2v) is 8.57. The third kappa shape index (κ3) is 8.49.